The van der Waals surface area contributed by atoms with Crippen LogP contribution in [0.15, 0.2) is 59.2 Å². The highest BCUT2D eigenvalue weighted by Gasteiger charge is 2.33. The van der Waals surface area contributed by atoms with E-state index in [2.05, 4.69) is 21.0 Å². The van der Waals surface area contributed by atoms with Gasteiger partial charge in [0.1, 0.15) is 5.75 Å². The Bertz CT molecular complexity index is 1070. The zero-order valence-electron chi connectivity index (χ0n) is 16.8. The first-order valence-electron chi connectivity index (χ1n) is 9.56. The van der Waals surface area contributed by atoms with E-state index in [1.165, 1.54) is 12.1 Å². The lowest BCUT2D eigenvalue weighted by Gasteiger charge is -2.21. The minimum absolute atomic E-state index is 0.0428. The first kappa shape index (κ1) is 22.9. The van der Waals surface area contributed by atoms with Crippen molar-refractivity contribution in [2.75, 3.05) is 6.61 Å². The highest BCUT2D eigenvalue weighted by molar-refractivity contribution is 9.10. The molecule has 0 spiro atoms. The van der Waals surface area contributed by atoms with Gasteiger partial charge < -0.3 is 9.47 Å². The Hall–Kier alpha value is -2.81. The van der Waals surface area contributed by atoms with Gasteiger partial charge in [-0.2, -0.15) is 18.3 Å². The molecule has 0 amide bonds. The van der Waals surface area contributed by atoms with Crippen molar-refractivity contribution in [3.8, 4) is 17.0 Å². The molecule has 5 nitrogen and oxygen atoms in total. The van der Waals surface area contributed by atoms with Crippen molar-refractivity contribution in [2.24, 2.45) is 0 Å². The maximum absolute atomic E-state index is 13.2. The fourth-order valence-electron chi connectivity index (χ4n) is 2.96. The fourth-order valence-corrected chi connectivity index (χ4v) is 3.32. The van der Waals surface area contributed by atoms with E-state index in [-0.39, 0.29) is 12.2 Å². The molecule has 3 aromatic rings. The SMILES string of the molecule is CCOC(=O)C(Oc1ccc(Br)cc1-c1ccn(CC)n1)c1cccc(C(F)(F)F)c1. The summed E-state index contributed by atoms with van der Waals surface area (Å²) in [6.07, 6.45) is -4.13. The van der Waals surface area contributed by atoms with Crippen LogP contribution in [-0.2, 0) is 22.3 Å². The molecule has 1 atom stereocenters. The number of alkyl halides is 3. The number of carbonyl (C=O) groups is 1. The van der Waals surface area contributed by atoms with Crippen molar-refractivity contribution in [2.45, 2.75) is 32.7 Å². The van der Waals surface area contributed by atoms with Gasteiger partial charge >= 0.3 is 12.1 Å². The van der Waals surface area contributed by atoms with Crippen molar-refractivity contribution in [3.05, 3.63) is 70.3 Å². The fraction of sp³-hybridized carbons (Fsp3) is 0.273. The highest BCUT2D eigenvalue weighted by Crippen LogP contribution is 2.36. The topological polar surface area (TPSA) is 53.4 Å². The van der Waals surface area contributed by atoms with Crippen LogP contribution in [0.2, 0.25) is 0 Å². The molecular weight excluding hydrogens is 477 g/mol. The van der Waals surface area contributed by atoms with E-state index in [1.807, 2.05) is 6.92 Å². The Morgan fingerprint density at radius 2 is 1.94 bits per heavy atom. The summed E-state index contributed by atoms with van der Waals surface area (Å²) in [5.74, 6) is -0.491. The Morgan fingerprint density at radius 1 is 1.16 bits per heavy atom. The summed E-state index contributed by atoms with van der Waals surface area (Å²) >= 11 is 3.41. The molecular formula is C22H20BrF3N2O3. The van der Waals surface area contributed by atoms with Gasteiger partial charge in [-0.15, -0.1) is 0 Å². The van der Waals surface area contributed by atoms with Crippen molar-refractivity contribution in [1.82, 2.24) is 9.78 Å². The number of rotatable bonds is 7. The lowest BCUT2D eigenvalue weighted by molar-refractivity contribution is -0.152. The second-order valence-electron chi connectivity index (χ2n) is 6.57. The molecule has 0 saturated heterocycles. The average molecular weight is 497 g/mol. The number of ether oxygens (including phenoxy) is 2. The van der Waals surface area contributed by atoms with Gasteiger partial charge in [0.15, 0.2) is 0 Å². The summed E-state index contributed by atoms with van der Waals surface area (Å²) in [6, 6.07) is 11.4. The van der Waals surface area contributed by atoms with Crippen molar-refractivity contribution >= 4 is 21.9 Å². The lowest BCUT2D eigenvalue weighted by Crippen LogP contribution is -2.22. The number of hydrogen-bond acceptors (Lipinski definition) is 4. The predicted octanol–water partition coefficient (Wildman–Crippen LogP) is 6.03. The minimum Gasteiger partial charge on any atom is -0.473 e. The third kappa shape index (κ3) is 5.46. The van der Waals surface area contributed by atoms with Crippen molar-refractivity contribution in [3.63, 3.8) is 0 Å². The molecule has 3 rings (SSSR count). The van der Waals surface area contributed by atoms with Crippen molar-refractivity contribution in [1.29, 1.82) is 0 Å². The third-order valence-corrected chi connectivity index (χ3v) is 4.94. The molecule has 31 heavy (non-hydrogen) atoms. The van der Waals surface area contributed by atoms with E-state index in [4.69, 9.17) is 9.47 Å². The molecule has 1 aromatic heterocycles. The average Bonchev–Trinajstić information content (AvgIpc) is 3.21. The number of esters is 1. The molecule has 0 bridgehead atoms. The molecule has 1 heterocycles. The monoisotopic (exact) mass is 496 g/mol. The number of carbonyl (C=O) groups excluding carboxylic acids is 1. The van der Waals surface area contributed by atoms with Crippen LogP contribution in [0.4, 0.5) is 13.2 Å². The lowest BCUT2D eigenvalue weighted by atomic mass is 10.0. The van der Waals surface area contributed by atoms with E-state index in [1.54, 1.807) is 42.1 Å². The molecule has 0 aliphatic carbocycles. The summed E-state index contributed by atoms with van der Waals surface area (Å²) in [4.78, 5) is 12.6. The first-order valence-corrected chi connectivity index (χ1v) is 10.4. The quantitative estimate of drug-likeness (QED) is 0.374. The van der Waals surface area contributed by atoms with Crippen LogP contribution in [0.3, 0.4) is 0 Å². The van der Waals surface area contributed by atoms with E-state index in [0.717, 1.165) is 16.6 Å². The Kier molecular flexibility index (Phi) is 7.04. The summed E-state index contributed by atoms with van der Waals surface area (Å²) in [7, 11) is 0. The standard InChI is InChI=1S/C22H20BrF3N2O3/c1-3-28-11-10-18(27-28)17-13-16(23)8-9-19(17)31-20(21(29)30-4-2)14-6-5-7-15(12-14)22(24,25)26/h5-13,20H,3-4H2,1-2H3. The van der Waals surface area contributed by atoms with Gasteiger partial charge in [0.25, 0.3) is 0 Å². The smallest absolute Gasteiger partial charge is 0.416 e. The first-order chi connectivity index (χ1) is 14.7. The number of nitrogens with zero attached hydrogens (tertiary/aromatic N) is 2. The zero-order chi connectivity index (χ0) is 22.6. The molecule has 1 unspecified atom stereocenters. The summed E-state index contributed by atoms with van der Waals surface area (Å²) in [5, 5.41) is 4.46. The summed E-state index contributed by atoms with van der Waals surface area (Å²) in [6.45, 7) is 4.29. The van der Waals surface area contributed by atoms with Gasteiger partial charge in [-0.05, 0) is 50.2 Å². The second kappa shape index (κ2) is 9.55. The molecule has 9 heteroatoms. The summed E-state index contributed by atoms with van der Waals surface area (Å²) < 4.78 is 53.1. The van der Waals surface area contributed by atoms with E-state index < -0.39 is 23.8 Å². The van der Waals surface area contributed by atoms with Crippen LogP contribution in [0.25, 0.3) is 11.3 Å². The Morgan fingerprint density at radius 3 is 2.58 bits per heavy atom. The number of aryl methyl sites for hydroxylation is 1. The zero-order valence-corrected chi connectivity index (χ0v) is 18.4. The minimum atomic E-state index is -4.55. The summed E-state index contributed by atoms with van der Waals surface area (Å²) in [5.41, 5.74) is 0.356. The number of hydrogen-bond donors (Lipinski definition) is 0. The Balaban J connectivity index is 2.04. The van der Waals surface area contributed by atoms with E-state index >= 15 is 0 Å². The molecule has 0 aliphatic heterocycles. The van der Waals surface area contributed by atoms with Crippen LogP contribution in [0, 0.1) is 0 Å². The number of halogens is 4. The van der Waals surface area contributed by atoms with Crippen LogP contribution in [-0.4, -0.2) is 22.4 Å². The van der Waals surface area contributed by atoms with Gasteiger partial charge in [0, 0.05) is 28.3 Å². The van der Waals surface area contributed by atoms with E-state index in [9.17, 15) is 18.0 Å². The molecule has 2 aromatic carbocycles. The van der Waals surface area contributed by atoms with E-state index in [0.29, 0.717) is 23.6 Å². The van der Waals surface area contributed by atoms with Gasteiger partial charge in [-0.1, -0.05) is 28.1 Å². The van der Waals surface area contributed by atoms with Crippen LogP contribution < -0.4 is 4.74 Å². The highest BCUT2D eigenvalue weighted by atomic mass is 79.9. The normalized spacial score (nSPS) is 12.5. The predicted molar refractivity (Wildman–Crippen MR) is 112 cm³/mol. The molecule has 164 valence electrons. The third-order valence-electron chi connectivity index (χ3n) is 4.44. The molecule has 0 saturated carbocycles. The van der Waals surface area contributed by atoms with Gasteiger partial charge in [0.05, 0.1) is 17.9 Å². The largest absolute Gasteiger partial charge is 0.473 e. The van der Waals surface area contributed by atoms with Gasteiger partial charge in [0.2, 0.25) is 6.10 Å². The van der Waals surface area contributed by atoms with Crippen molar-refractivity contribution < 1.29 is 27.4 Å². The molecule has 0 radical (unpaired) electrons. The Labute approximate surface area is 185 Å². The number of benzene rings is 2. The second-order valence-corrected chi connectivity index (χ2v) is 7.49. The molecule has 0 N–H and O–H groups in total. The van der Waals surface area contributed by atoms with Gasteiger partial charge in [-0.25, -0.2) is 4.79 Å². The van der Waals surface area contributed by atoms with Crippen LogP contribution in [0.5, 0.6) is 5.75 Å². The maximum atomic E-state index is 13.2. The number of aromatic nitrogens is 2. The maximum Gasteiger partial charge on any atom is 0.416 e. The van der Waals surface area contributed by atoms with Crippen LogP contribution >= 0.6 is 15.9 Å². The van der Waals surface area contributed by atoms with Gasteiger partial charge in [-0.3, -0.25) is 4.68 Å². The van der Waals surface area contributed by atoms with Crippen LogP contribution in [0.1, 0.15) is 31.1 Å². The molecule has 0 aliphatic rings. The molecule has 0 fully saturated rings.